The molecular weight excluding hydrogens is 583 g/mol. The lowest BCUT2D eigenvalue weighted by Crippen LogP contribution is -2.55. The summed E-state index contributed by atoms with van der Waals surface area (Å²) in [6.07, 6.45) is 4.79. The van der Waals surface area contributed by atoms with Gasteiger partial charge in [-0.1, -0.05) is 83.1 Å². The molecule has 0 aliphatic carbocycles. The number of hydrogen-bond acceptors (Lipinski definition) is 7. The number of fused-ring (bicyclic) bond motifs is 1. The van der Waals surface area contributed by atoms with Gasteiger partial charge in [-0.3, -0.25) is 0 Å². The van der Waals surface area contributed by atoms with Gasteiger partial charge in [-0.2, -0.15) is 5.10 Å². The Labute approximate surface area is 272 Å². The summed E-state index contributed by atoms with van der Waals surface area (Å²) < 4.78 is 28.7. The minimum Gasteiger partial charge on any atom is -0.445 e. The Bertz CT molecular complexity index is 1540. The summed E-state index contributed by atoms with van der Waals surface area (Å²) in [6.45, 7) is 14.4. The monoisotopic (exact) mass is 632 g/mol. The minimum atomic E-state index is -0.626. The number of piperidine rings is 1. The van der Waals surface area contributed by atoms with Crippen molar-refractivity contribution in [2.75, 3.05) is 31.1 Å². The van der Waals surface area contributed by atoms with Crippen LogP contribution in [-0.2, 0) is 21.5 Å². The molecule has 9 nitrogen and oxygen atoms in total. The van der Waals surface area contributed by atoms with Crippen LogP contribution in [0.5, 0.6) is 0 Å². The van der Waals surface area contributed by atoms with Gasteiger partial charge >= 0.3 is 6.09 Å². The zero-order valence-corrected chi connectivity index (χ0v) is 28.1. The molecule has 2 aliphatic heterocycles. The summed E-state index contributed by atoms with van der Waals surface area (Å²) in [4.78, 5) is 24.7. The Kier molecular flexibility index (Phi) is 12.5. The van der Waals surface area contributed by atoms with Crippen molar-refractivity contribution in [2.24, 2.45) is 5.92 Å². The van der Waals surface area contributed by atoms with Crippen LogP contribution in [0.4, 0.5) is 15.0 Å². The van der Waals surface area contributed by atoms with Crippen LogP contribution in [0.15, 0.2) is 60.8 Å². The molecule has 46 heavy (non-hydrogen) atoms. The lowest BCUT2D eigenvalue weighted by Gasteiger charge is -2.47. The standard InChI is InChI=1S/C32H37FN6O3.2C2H6/c1-22-19-38(27-18-34-29-23(2)37-39(30(29)36-27)28-14-8-9-17-41-28)16-15-32(22,25-12-6-7-13-26(25)33)21-35-31(40)42-20-24-10-4-3-5-11-24;2*1-2/h3-7,10-13,18,22,28H,8-9,14-17,19-21H2,1-2H3,(H,35,40);2*1-2H3/t22?,28?,32-;;/m1../s1. The summed E-state index contributed by atoms with van der Waals surface area (Å²) in [7, 11) is 0. The smallest absolute Gasteiger partial charge is 0.407 e. The van der Waals surface area contributed by atoms with Gasteiger partial charge in [0.25, 0.3) is 0 Å². The third kappa shape index (κ3) is 7.66. The number of aryl methyl sites for hydroxylation is 1. The van der Waals surface area contributed by atoms with E-state index in [1.165, 1.54) is 6.07 Å². The second-order valence-corrected chi connectivity index (χ2v) is 11.4. The van der Waals surface area contributed by atoms with Crippen LogP contribution in [-0.4, -0.2) is 52.1 Å². The Morgan fingerprint density at radius 3 is 2.52 bits per heavy atom. The lowest BCUT2D eigenvalue weighted by molar-refractivity contribution is -0.0371. The van der Waals surface area contributed by atoms with E-state index in [1.807, 2.05) is 81.8 Å². The number of amides is 1. The number of benzene rings is 2. The number of nitrogens with zero attached hydrogens (tertiary/aromatic N) is 5. The van der Waals surface area contributed by atoms with Crippen molar-refractivity contribution in [3.63, 3.8) is 0 Å². The number of anilines is 1. The highest BCUT2D eigenvalue weighted by Gasteiger charge is 2.44. The predicted octanol–water partition coefficient (Wildman–Crippen LogP) is 7.74. The molecule has 0 saturated carbocycles. The molecule has 2 aromatic heterocycles. The molecule has 1 N–H and O–H groups in total. The van der Waals surface area contributed by atoms with Gasteiger partial charge in [0, 0.05) is 31.7 Å². The van der Waals surface area contributed by atoms with E-state index in [4.69, 9.17) is 24.5 Å². The average Bonchev–Trinajstić information content (AvgIpc) is 3.45. The molecule has 0 radical (unpaired) electrons. The van der Waals surface area contributed by atoms with E-state index < -0.39 is 11.5 Å². The van der Waals surface area contributed by atoms with Crippen LogP contribution in [0, 0.1) is 18.7 Å². The molecule has 2 fully saturated rings. The van der Waals surface area contributed by atoms with E-state index in [9.17, 15) is 4.79 Å². The largest absolute Gasteiger partial charge is 0.445 e. The van der Waals surface area contributed by atoms with E-state index in [0.29, 0.717) is 31.7 Å². The molecule has 3 atom stereocenters. The molecule has 2 aliphatic rings. The first kappa shape index (κ1) is 34.8. The average molecular weight is 633 g/mol. The van der Waals surface area contributed by atoms with Crippen LogP contribution in [0.25, 0.3) is 11.2 Å². The molecule has 248 valence electrons. The van der Waals surface area contributed by atoms with E-state index in [1.54, 1.807) is 12.3 Å². The van der Waals surface area contributed by atoms with Crippen molar-refractivity contribution in [3.05, 3.63) is 83.4 Å². The van der Waals surface area contributed by atoms with Crippen molar-refractivity contribution in [1.29, 1.82) is 0 Å². The van der Waals surface area contributed by atoms with Crippen LogP contribution in [0.2, 0.25) is 0 Å². The van der Waals surface area contributed by atoms with Gasteiger partial charge in [0.2, 0.25) is 0 Å². The molecule has 0 spiro atoms. The molecule has 4 heterocycles. The molecule has 1 amide bonds. The first-order chi connectivity index (χ1) is 22.4. The van der Waals surface area contributed by atoms with Crippen LogP contribution < -0.4 is 10.2 Å². The van der Waals surface area contributed by atoms with Gasteiger partial charge < -0.3 is 19.7 Å². The highest BCUT2D eigenvalue weighted by molar-refractivity contribution is 5.75. The zero-order chi connectivity index (χ0) is 33.1. The number of halogens is 1. The molecular formula is C36H49FN6O3. The fourth-order valence-corrected chi connectivity index (χ4v) is 6.32. The molecule has 2 unspecified atom stereocenters. The molecule has 10 heteroatoms. The lowest BCUT2D eigenvalue weighted by atomic mass is 9.66. The van der Waals surface area contributed by atoms with E-state index in [0.717, 1.165) is 47.5 Å². The van der Waals surface area contributed by atoms with Crippen LogP contribution in [0.1, 0.15) is 83.4 Å². The number of alkyl carbamates (subject to hydrolysis) is 1. The Hall–Kier alpha value is -4.05. The number of carbonyl (C=O) groups is 1. The summed E-state index contributed by atoms with van der Waals surface area (Å²) in [5, 5.41) is 7.66. The number of aromatic nitrogens is 4. The van der Waals surface area contributed by atoms with Gasteiger partial charge in [0.05, 0.1) is 11.9 Å². The van der Waals surface area contributed by atoms with Gasteiger partial charge in [-0.15, -0.1) is 0 Å². The molecule has 6 rings (SSSR count). The summed E-state index contributed by atoms with van der Waals surface area (Å²) >= 11 is 0. The number of rotatable bonds is 7. The van der Waals surface area contributed by atoms with Crippen LogP contribution >= 0.6 is 0 Å². The second-order valence-electron chi connectivity index (χ2n) is 11.4. The van der Waals surface area contributed by atoms with Crippen molar-refractivity contribution in [3.8, 4) is 0 Å². The highest BCUT2D eigenvalue weighted by atomic mass is 19.1. The first-order valence-corrected chi connectivity index (χ1v) is 16.7. The molecule has 2 saturated heterocycles. The fraction of sp³-hybridized carbons (Fsp3) is 0.500. The fourth-order valence-electron chi connectivity index (χ4n) is 6.32. The zero-order valence-electron chi connectivity index (χ0n) is 28.1. The second kappa shape index (κ2) is 16.5. The van der Waals surface area contributed by atoms with Gasteiger partial charge in [0.15, 0.2) is 11.9 Å². The number of ether oxygens (including phenoxy) is 2. The summed E-state index contributed by atoms with van der Waals surface area (Å²) in [6, 6.07) is 16.4. The number of carbonyl (C=O) groups excluding carboxylic acids is 1. The molecule has 4 aromatic rings. The Balaban J connectivity index is 0.00000116. The highest BCUT2D eigenvalue weighted by Crippen LogP contribution is 2.41. The topological polar surface area (TPSA) is 94.4 Å². The third-order valence-corrected chi connectivity index (χ3v) is 8.75. The Morgan fingerprint density at radius 2 is 1.83 bits per heavy atom. The molecule has 2 aromatic carbocycles. The summed E-state index contributed by atoms with van der Waals surface area (Å²) in [5.41, 5.74) is 3.21. The SMILES string of the molecule is CC.CC.Cc1nn(C2CCCCO2)c2nc(N3CC[C@](CNC(=O)OCc4ccccc4)(c4ccccc4F)C(C)C3)cnc12. The van der Waals surface area contributed by atoms with Gasteiger partial charge in [0.1, 0.15) is 23.8 Å². The predicted molar refractivity (Wildman–Crippen MR) is 180 cm³/mol. The molecule has 0 bridgehead atoms. The maximum absolute atomic E-state index is 15.3. The van der Waals surface area contributed by atoms with Crippen molar-refractivity contribution in [1.82, 2.24) is 25.1 Å². The Morgan fingerprint density at radius 1 is 1.09 bits per heavy atom. The first-order valence-electron chi connectivity index (χ1n) is 16.7. The maximum Gasteiger partial charge on any atom is 0.407 e. The van der Waals surface area contributed by atoms with Gasteiger partial charge in [-0.05, 0) is 55.7 Å². The van der Waals surface area contributed by atoms with Crippen molar-refractivity contribution in [2.45, 2.75) is 85.5 Å². The number of nitrogens with one attached hydrogen (secondary N) is 1. The summed E-state index contributed by atoms with van der Waals surface area (Å²) in [5.74, 6) is 0.456. The third-order valence-electron chi connectivity index (χ3n) is 8.75. The van der Waals surface area contributed by atoms with E-state index in [2.05, 4.69) is 17.1 Å². The minimum absolute atomic E-state index is 0.0246. The van der Waals surface area contributed by atoms with Crippen molar-refractivity contribution < 1.29 is 18.7 Å². The van der Waals surface area contributed by atoms with Gasteiger partial charge in [-0.25, -0.2) is 23.8 Å². The van der Waals surface area contributed by atoms with E-state index in [-0.39, 0.29) is 31.1 Å². The maximum atomic E-state index is 15.3. The van der Waals surface area contributed by atoms with Crippen LogP contribution in [0.3, 0.4) is 0 Å². The normalized spacial score (nSPS) is 21.0. The number of hydrogen-bond donors (Lipinski definition) is 1. The quantitative estimate of drug-likeness (QED) is 0.223. The van der Waals surface area contributed by atoms with E-state index >= 15 is 4.39 Å². The van der Waals surface area contributed by atoms with Crippen molar-refractivity contribution >= 4 is 23.1 Å².